The molecular formula is C19H23F3N2O5. The zero-order valence-corrected chi connectivity index (χ0v) is 15.9. The fraction of sp³-hybridized carbons (Fsp3) is 0.526. The Kier molecular flexibility index (Phi) is 7.74. The molecule has 7 nitrogen and oxygen atoms in total. The Bertz CT molecular complexity index is 741. The van der Waals surface area contributed by atoms with Gasteiger partial charge >= 0.3 is 12.1 Å². The average Bonchev–Trinajstić information content (AvgIpc) is 3.08. The number of alkyl halides is 3. The lowest BCUT2D eigenvalue weighted by molar-refractivity contribution is -0.192. The van der Waals surface area contributed by atoms with Crippen molar-refractivity contribution in [3.63, 3.8) is 0 Å². The first kappa shape index (κ1) is 22.8. The number of pyridine rings is 1. The molecule has 1 aromatic heterocycles. The maximum Gasteiger partial charge on any atom is 0.490 e. The highest BCUT2D eigenvalue weighted by Gasteiger charge is 2.45. The van der Waals surface area contributed by atoms with Crippen molar-refractivity contribution in [2.45, 2.75) is 44.2 Å². The van der Waals surface area contributed by atoms with Crippen molar-refractivity contribution in [3.8, 4) is 0 Å². The fourth-order valence-electron chi connectivity index (χ4n) is 3.38. The number of halogens is 3. The molecule has 160 valence electrons. The number of ether oxygens (including phenoxy) is 2. The second kappa shape index (κ2) is 9.84. The number of fused-ring (bicyclic) bond motifs is 1. The van der Waals surface area contributed by atoms with Crippen LogP contribution < -0.4 is 0 Å². The molecule has 1 amide bonds. The van der Waals surface area contributed by atoms with E-state index in [0.717, 1.165) is 18.4 Å². The molecule has 0 aromatic carbocycles. The molecule has 29 heavy (non-hydrogen) atoms. The number of hydrogen-bond acceptors (Lipinski definition) is 5. The van der Waals surface area contributed by atoms with Crippen molar-refractivity contribution in [2.24, 2.45) is 0 Å². The second-order valence-corrected chi connectivity index (χ2v) is 6.69. The molecule has 1 saturated heterocycles. The molecule has 2 aliphatic rings. The molecular weight excluding hydrogens is 393 g/mol. The van der Waals surface area contributed by atoms with Crippen molar-refractivity contribution >= 4 is 11.9 Å². The molecule has 1 aliphatic carbocycles. The Morgan fingerprint density at radius 3 is 2.69 bits per heavy atom. The minimum atomic E-state index is -5.08. The Hall–Kier alpha value is -2.46. The van der Waals surface area contributed by atoms with Gasteiger partial charge in [-0.25, -0.2) is 4.79 Å². The second-order valence-electron chi connectivity index (χ2n) is 6.69. The summed E-state index contributed by atoms with van der Waals surface area (Å²) in [6.45, 7) is 7.33. The van der Waals surface area contributed by atoms with Crippen LogP contribution in [0.15, 0.2) is 31.1 Å². The van der Waals surface area contributed by atoms with Gasteiger partial charge in [-0.05, 0) is 31.4 Å². The van der Waals surface area contributed by atoms with Gasteiger partial charge in [-0.1, -0.05) is 6.08 Å². The van der Waals surface area contributed by atoms with E-state index in [0.29, 0.717) is 25.3 Å². The molecule has 2 heterocycles. The third kappa shape index (κ3) is 6.01. The lowest BCUT2D eigenvalue weighted by Gasteiger charge is -2.39. The van der Waals surface area contributed by atoms with Crippen LogP contribution in [0.3, 0.4) is 0 Å². The lowest BCUT2D eigenvalue weighted by Crippen LogP contribution is -2.53. The van der Waals surface area contributed by atoms with E-state index in [9.17, 15) is 18.0 Å². The van der Waals surface area contributed by atoms with E-state index in [2.05, 4.69) is 11.6 Å². The van der Waals surface area contributed by atoms with Gasteiger partial charge < -0.3 is 19.5 Å². The zero-order valence-electron chi connectivity index (χ0n) is 15.9. The number of aliphatic carboxylic acids is 1. The standard InChI is InChI=1S/C17H22N2O3.C2HF3O2/c1-3-7-21-15-5-4-14-16(15)22-8-6-19(14)17(20)13-9-12(2)10-18-11-13;3-2(4,5)1(6)7/h3,9-11,14-16H,1,4-8H2,2H3;(H,6,7)/t14-,15-,16+;/m0./s1. The molecule has 10 heteroatoms. The third-order valence-electron chi connectivity index (χ3n) is 4.59. The van der Waals surface area contributed by atoms with Crippen molar-refractivity contribution in [2.75, 3.05) is 19.8 Å². The average molecular weight is 416 g/mol. The summed E-state index contributed by atoms with van der Waals surface area (Å²) < 4.78 is 43.4. The molecule has 0 spiro atoms. The number of aromatic nitrogens is 1. The first-order chi connectivity index (χ1) is 13.6. The van der Waals surface area contributed by atoms with E-state index in [-0.39, 0.29) is 24.2 Å². The van der Waals surface area contributed by atoms with Crippen LogP contribution >= 0.6 is 0 Å². The minimum Gasteiger partial charge on any atom is -0.475 e. The van der Waals surface area contributed by atoms with Crippen LogP contribution in [0.25, 0.3) is 0 Å². The summed E-state index contributed by atoms with van der Waals surface area (Å²) >= 11 is 0. The van der Waals surface area contributed by atoms with E-state index < -0.39 is 12.1 Å². The summed E-state index contributed by atoms with van der Waals surface area (Å²) in [6, 6.07) is 1.98. The van der Waals surface area contributed by atoms with Gasteiger partial charge in [-0.3, -0.25) is 9.78 Å². The highest BCUT2D eigenvalue weighted by Crippen LogP contribution is 2.33. The van der Waals surface area contributed by atoms with E-state index >= 15 is 0 Å². The summed E-state index contributed by atoms with van der Waals surface area (Å²) in [5, 5.41) is 7.12. The maximum absolute atomic E-state index is 12.8. The van der Waals surface area contributed by atoms with Crippen LogP contribution in [0.5, 0.6) is 0 Å². The van der Waals surface area contributed by atoms with Crippen molar-refractivity contribution in [1.82, 2.24) is 9.88 Å². The van der Waals surface area contributed by atoms with E-state index in [4.69, 9.17) is 19.4 Å². The van der Waals surface area contributed by atoms with Gasteiger partial charge in [0.1, 0.15) is 6.10 Å². The summed E-state index contributed by atoms with van der Waals surface area (Å²) in [4.78, 5) is 27.7. The van der Waals surface area contributed by atoms with Gasteiger partial charge in [0.2, 0.25) is 0 Å². The molecule has 0 radical (unpaired) electrons. The first-order valence-electron chi connectivity index (χ1n) is 9.02. The minimum absolute atomic E-state index is 0.0320. The van der Waals surface area contributed by atoms with Gasteiger partial charge in [0.05, 0.1) is 30.9 Å². The van der Waals surface area contributed by atoms with Gasteiger partial charge in [0.25, 0.3) is 5.91 Å². The number of rotatable bonds is 4. The molecule has 1 N–H and O–H groups in total. The van der Waals surface area contributed by atoms with Crippen LogP contribution in [0.1, 0.15) is 28.8 Å². The first-order valence-corrected chi connectivity index (χ1v) is 9.02. The molecule has 1 aliphatic heterocycles. The summed E-state index contributed by atoms with van der Waals surface area (Å²) in [5.41, 5.74) is 1.64. The van der Waals surface area contributed by atoms with Crippen molar-refractivity contribution < 1.29 is 37.3 Å². The van der Waals surface area contributed by atoms with Crippen LogP contribution in [0, 0.1) is 6.92 Å². The van der Waals surface area contributed by atoms with E-state index in [1.54, 1.807) is 18.5 Å². The van der Waals surface area contributed by atoms with Gasteiger partial charge in [-0.15, -0.1) is 6.58 Å². The summed E-state index contributed by atoms with van der Waals surface area (Å²) in [6.07, 6.45) is 1.91. The normalized spacial score (nSPS) is 23.6. The lowest BCUT2D eigenvalue weighted by atomic mass is 10.1. The number of carboxylic acid groups (broad SMARTS) is 1. The highest BCUT2D eigenvalue weighted by molar-refractivity contribution is 5.94. The number of nitrogens with zero attached hydrogens (tertiary/aromatic N) is 2. The number of amides is 1. The van der Waals surface area contributed by atoms with Gasteiger partial charge in [0, 0.05) is 18.9 Å². The van der Waals surface area contributed by atoms with Crippen LogP contribution in [-0.4, -0.2) is 71.1 Å². The SMILES string of the molecule is C=CCO[C@H]1CC[C@H]2[C@H]1OCCN2C(=O)c1cncc(C)c1.O=C(O)C(F)(F)F. The van der Waals surface area contributed by atoms with Crippen molar-refractivity contribution in [3.05, 3.63) is 42.2 Å². The Morgan fingerprint density at radius 1 is 1.41 bits per heavy atom. The van der Waals surface area contributed by atoms with E-state index in [1.807, 2.05) is 17.9 Å². The highest BCUT2D eigenvalue weighted by atomic mass is 19.4. The molecule has 2 fully saturated rings. The quantitative estimate of drug-likeness (QED) is 0.759. The monoisotopic (exact) mass is 416 g/mol. The number of hydrogen-bond donors (Lipinski definition) is 1. The Labute approximate surface area is 166 Å². The molecule has 0 unspecified atom stereocenters. The van der Waals surface area contributed by atoms with Crippen molar-refractivity contribution in [1.29, 1.82) is 0 Å². The number of aryl methyl sites for hydroxylation is 1. The van der Waals surface area contributed by atoms with Gasteiger partial charge in [0.15, 0.2) is 0 Å². The fourth-order valence-corrected chi connectivity index (χ4v) is 3.38. The largest absolute Gasteiger partial charge is 0.490 e. The number of carbonyl (C=O) groups excluding carboxylic acids is 1. The predicted octanol–water partition coefficient (Wildman–Crippen LogP) is 2.60. The zero-order chi connectivity index (χ0) is 21.6. The number of carboxylic acids is 1. The topological polar surface area (TPSA) is 89.0 Å². The predicted molar refractivity (Wildman–Crippen MR) is 96.4 cm³/mol. The van der Waals surface area contributed by atoms with Crippen LogP contribution in [0.2, 0.25) is 0 Å². The summed E-state index contributed by atoms with van der Waals surface area (Å²) in [7, 11) is 0. The van der Waals surface area contributed by atoms with Gasteiger partial charge in [-0.2, -0.15) is 13.2 Å². The van der Waals surface area contributed by atoms with Crippen LogP contribution in [0.4, 0.5) is 13.2 Å². The van der Waals surface area contributed by atoms with E-state index in [1.165, 1.54) is 0 Å². The molecule has 1 aromatic rings. The molecule has 3 rings (SSSR count). The molecule has 0 bridgehead atoms. The summed E-state index contributed by atoms with van der Waals surface area (Å²) in [5.74, 6) is -2.72. The van der Waals surface area contributed by atoms with Crippen LogP contribution in [-0.2, 0) is 14.3 Å². The maximum atomic E-state index is 12.8. The number of carbonyl (C=O) groups is 2. The molecule has 3 atom stereocenters. The number of morpholine rings is 1. The molecule has 1 saturated carbocycles. The smallest absolute Gasteiger partial charge is 0.475 e. The third-order valence-corrected chi connectivity index (χ3v) is 4.59. The Balaban J connectivity index is 0.000000370. The Morgan fingerprint density at radius 2 is 2.10 bits per heavy atom.